The van der Waals surface area contributed by atoms with E-state index in [1.165, 1.54) is 24.3 Å². The molecule has 0 atom stereocenters. The largest absolute Gasteiger partial charge is 0.325 e. The van der Waals surface area contributed by atoms with Gasteiger partial charge in [-0.1, -0.05) is 29.3 Å². The summed E-state index contributed by atoms with van der Waals surface area (Å²) in [5.74, 6) is -1.49. The number of fused-ring (bicyclic) bond motifs is 1. The number of rotatable bonds is 2. The van der Waals surface area contributed by atoms with Crippen molar-refractivity contribution in [2.45, 2.75) is 6.42 Å². The minimum atomic E-state index is -0.710. The molecule has 1 N–H and O–H groups in total. The first-order valence-electron chi connectivity index (χ1n) is 6.08. The van der Waals surface area contributed by atoms with Crippen LogP contribution in [-0.4, -0.2) is 11.7 Å². The van der Waals surface area contributed by atoms with Crippen molar-refractivity contribution in [3.05, 3.63) is 62.9 Å². The molecule has 0 saturated heterocycles. The third-order valence-corrected chi connectivity index (χ3v) is 3.88. The lowest BCUT2D eigenvalue weighted by atomic mass is 9.99. The second-order valence-corrected chi connectivity index (χ2v) is 5.45. The van der Waals surface area contributed by atoms with Crippen LogP contribution in [0, 0.1) is 5.82 Å². The Hall–Kier alpha value is -1.91. The predicted molar refractivity (Wildman–Crippen MR) is 78.6 cm³/mol. The van der Waals surface area contributed by atoms with Crippen molar-refractivity contribution in [2.75, 3.05) is 5.32 Å². The fourth-order valence-corrected chi connectivity index (χ4v) is 2.77. The number of nitrogens with one attached hydrogen (secondary N) is 1. The van der Waals surface area contributed by atoms with Gasteiger partial charge in [-0.2, -0.15) is 0 Å². The summed E-state index contributed by atoms with van der Waals surface area (Å²) in [6.07, 6.45) is 0.164. The highest BCUT2D eigenvalue weighted by Gasteiger charge is 2.25. The SMILES string of the molecule is O=C1Cc2cc(C(=O)c3c(F)cccc3Cl)c(Cl)cc2N1. The fourth-order valence-electron chi connectivity index (χ4n) is 2.27. The highest BCUT2D eigenvalue weighted by atomic mass is 35.5. The molecular formula is C15H8Cl2FNO2. The number of anilines is 1. The first-order valence-corrected chi connectivity index (χ1v) is 6.84. The third kappa shape index (κ3) is 2.41. The molecule has 3 nitrogen and oxygen atoms in total. The van der Waals surface area contributed by atoms with Crippen LogP contribution in [0.4, 0.5) is 10.1 Å². The maximum absolute atomic E-state index is 13.8. The van der Waals surface area contributed by atoms with Crippen molar-refractivity contribution in [3.8, 4) is 0 Å². The van der Waals surface area contributed by atoms with Gasteiger partial charge in [0.15, 0.2) is 5.78 Å². The number of ketones is 1. The van der Waals surface area contributed by atoms with E-state index < -0.39 is 11.6 Å². The second-order valence-electron chi connectivity index (χ2n) is 4.64. The Morgan fingerprint density at radius 2 is 1.95 bits per heavy atom. The van der Waals surface area contributed by atoms with Crippen LogP contribution in [0.5, 0.6) is 0 Å². The Bertz CT molecular complexity index is 769. The minimum Gasteiger partial charge on any atom is -0.325 e. The van der Waals surface area contributed by atoms with Crippen LogP contribution >= 0.6 is 23.2 Å². The van der Waals surface area contributed by atoms with Gasteiger partial charge < -0.3 is 5.32 Å². The number of benzene rings is 2. The number of hydrogen-bond donors (Lipinski definition) is 1. The zero-order chi connectivity index (χ0) is 15.1. The summed E-state index contributed by atoms with van der Waals surface area (Å²) in [4.78, 5) is 23.8. The first kappa shape index (κ1) is 14.0. The zero-order valence-electron chi connectivity index (χ0n) is 10.5. The molecule has 21 heavy (non-hydrogen) atoms. The highest BCUT2D eigenvalue weighted by molar-refractivity contribution is 6.38. The van der Waals surface area contributed by atoms with Crippen molar-refractivity contribution in [3.63, 3.8) is 0 Å². The lowest BCUT2D eigenvalue weighted by molar-refractivity contribution is -0.115. The van der Waals surface area contributed by atoms with Crippen molar-refractivity contribution >= 4 is 40.6 Å². The van der Waals surface area contributed by atoms with Crippen LogP contribution in [0.2, 0.25) is 10.0 Å². The molecule has 2 aromatic rings. The smallest absolute Gasteiger partial charge is 0.228 e. The van der Waals surface area contributed by atoms with Crippen LogP contribution < -0.4 is 5.32 Å². The van der Waals surface area contributed by atoms with Crippen LogP contribution in [-0.2, 0) is 11.2 Å². The van der Waals surface area contributed by atoms with E-state index in [0.717, 1.165) is 6.07 Å². The maximum Gasteiger partial charge on any atom is 0.228 e. The molecule has 1 aliphatic rings. The molecule has 0 unspecified atom stereocenters. The van der Waals surface area contributed by atoms with E-state index in [0.29, 0.717) is 11.3 Å². The molecule has 0 aliphatic carbocycles. The Morgan fingerprint density at radius 1 is 1.19 bits per heavy atom. The normalized spacial score (nSPS) is 13.0. The molecule has 1 heterocycles. The van der Waals surface area contributed by atoms with Crippen molar-refractivity contribution in [1.29, 1.82) is 0 Å². The molecule has 6 heteroatoms. The molecule has 106 valence electrons. The topological polar surface area (TPSA) is 46.2 Å². The van der Waals surface area contributed by atoms with E-state index >= 15 is 0 Å². The zero-order valence-corrected chi connectivity index (χ0v) is 12.1. The Morgan fingerprint density at radius 3 is 2.67 bits per heavy atom. The van der Waals surface area contributed by atoms with Gasteiger partial charge in [0, 0.05) is 11.3 Å². The number of hydrogen-bond acceptors (Lipinski definition) is 2. The lowest BCUT2D eigenvalue weighted by Crippen LogP contribution is -2.06. The van der Waals surface area contributed by atoms with Crippen LogP contribution in [0.3, 0.4) is 0 Å². The molecular weight excluding hydrogens is 316 g/mol. The number of amides is 1. The monoisotopic (exact) mass is 323 g/mol. The minimum absolute atomic E-state index is 0.0192. The summed E-state index contributed by atoms with van der Waals surface area (Å²) in [5.41, 5.74) is 1.12. The average molecular weight is 324 g/mol. The van der Waals surface area contributed by atoms with Crippen molar-refractivity contribution < 1.29 is 14.0 Å². The van der Waals surface area contributed by atoms with E-state index in [-0.39, 0.29) is 33.5 Å². The van der Waals surface area contributed by atoms with Gasteiger partial charge in [0.25, 0.3) is 0 Å². The van der Waals surface area contributed by atoms with Gasteiger partial charge in [0.1, 0.15) is 5.82 Å². The highest BCUT2D eigenvalue weighted by Crippen LogP contribution is 2.32. The molecule has 1 aliphatic heterocycles. The number of halogens is 3. The van der Waals surface area contributed by atoms with Gasteiger partial charge in [-0.3, -0.25) is 9.59 Å². The van der Waals surface area contributed by atoms with Crippen molar-refractivity contribution in [1.82, 2.24) is 0 Å². The van der Waals surface area contributed by atoms with Crippen molar-refractivity contribution in [2.24, 2.45) is 0 Å². The molecule has 0 fully saturated rings. The average Bonchev–Trinajstić information content (AvgIpc) is 2.76. The maximum atomic E-state index is 13.8. The Kier molecular flexibility index (Phi) is 3.43. The lowest BCUT2D eigenvalue weighted by Gasteiger charge is -2.09. The summed E-state index contributed by atoms with van der Waals surface area (Å²) in [5, 5.41) is 2.79. The third-order valence-electron chi connectivity index (χ3n) is 3.25. The quantitative estimate of drug-likeness (QED) is 0.853. The van der Waals surface area contributed by atoms with Crippen LogP contribution in [0.25, 0.3) is 0 Å². The van der Waals surface area contributed by atoms with Crippen LogP contribution in [0.1, 0.15) is 21.5 Å². The molecule has 0 bridgehead atoms. The molecule has 2 aromatic carbocycles. The molecule has 0 saturated carbocycles. The molecule has 1 amide bonds. The molecule has 0 aromatic heterocycles. The molecule has 0 radical (unpaired) electrons. The Balaban J connectivity index is 2.11. The van der Waals surface area contributed by atoms with Gasteiger partial charge in [-0.25, -0.2) is 4.39 Å². The first-order chi connectivity index (χ1) is 9.97. The number of carbonyl (C=O) groups excluding carboxylic acids is 2. The van der Waals surface area contributed by atoms with E-state index in [1.54, 1.807) is 0 Å². The van der Waals surface area contributed by atoms with Gasteiger partial charge in [-0.15, -0.1) is 0 Å². The Labute approximate surface area is 129 Å². The molecule has 0 spiro atoms. The summed E-state index contributed by atoms with van der Waals surface area (Å²) in [6.45, 7) is 0. The van der Waals surface area contributed by atoms with Gasteiger partial charge in [0.2, 0.25) is 5.91 Å². The van der Waals surface area contributed by atoms with E-state index in [1.807, 2.05) is 0 Å². The summed E-state index contributed by atoms with van der Waals surface area (Å²) >= 11 is 12.0. The van der Waals surface area contributed by atoms with E-state index in [9.17, 15) is 14.0 Å². The fraction of sp³-hybridized carbons (Fsp3) is 0.0667. The van der Waals surface area contributed by atoms with Gasteiger partial charge in [-0.05, 0) is 29.8 Å². The van der Waals surface area contributed by atoms with Gasteiger partial charge >= 0.3 is 0 Å². The molecule has 3 rings (SSSR count). The van der Waals surface area contributed by atoms with E-state index in [4.69, 9.17) is 23.2 Å². The van der Waals surface area contributed by atoms with E-state index in [2.05, 4.69) is 5.32 Å². The predicted octanol–water partition coefficient (Wildman–Crippen LogP) is 3.86. The van der Waals surface area contributed by atoms with Gasteiger partial charge in [0.05, 0.1) is 22.0 Å². The summed E-state index contributed by atoms with van der Waals surface area (Å²) in [7, 11) is 0. The summed E-state index contributed by atoms with van der Waals surface area (Å²) in [6, 6.07) is 7.00. The van der Waals surface area contributed by atoms with Crippen LogP contribution in [0.15, 0.2) is 30.3 Å². The second kappa shape index (κ2) is 5.13. The standard InChI is InChI=1S/C15H8Cl2FNO2/c16-9-2-1-3-11(18)14(9)15(21)8-4-7-5-13(20)19-12(7)6-10(8)17/h1-4,6H,5H2,(H,19,20). The number of carbonyl (C=O) groups is 2. The summed E-state index contributed by atoms with van der Waals surface area (Å²) < 4.78 is 13.8.